The molecule has 1 atom stereocenters. The van der Waals surface area contributed by atoms with Gasteiger partial charge in [-0.1, -0.05) is 24.3 Å². The van der Waals surface area contributed by atoms with Crippen molar-refractivity contribution in [2.45, 2.75) is 25.9 Å². The molecule has 0 spiro atoms. The summed E-state index contributed by atoms with van der Waals surface area (Å²) in [5.74, 6) is -0.872. The number of aromatic carboxylic acids is 1. The number of carboxylic acid groups (broad SMARTS) is 1. The molecule has 2 N–H and O–H groups in total. The predicted molar refractivity (Wildman–Crippen MR) is 77.7 cm³/mol. The first-order chi connectivity index (χ1) is 9.16. The van der Waals surface area contributed by atoms with Gasteiger partial charge in [0.25, 0.3) is 0 Å². The summed E-state index contributed by atoms with van der Waals surface area (Å²) in [5.41, 5.74) is 1.20. The number of carbonyl (C=O) groups is 1. The molecule has 4 heteroatoms. The average Bonchev–Trinajstić information content (AvgIpc) is 2.89. The van der Waals surface area contributed by atoms with E-state index in [2.05, 4.69) is 23.7 Å². The number of carboxylic acids is 1. The van der Waals surface area contributed by atoms with Crippen LogP contribution in [0.5, 0.6) is 0 Å². The van der Waals surface area contributed by atoms with E-state index in [4.69, 9.17) is 5.11 Å². The van der Waals surface area contributed by atoms with Gasteiger partial charge >= 0.3 is 5.97 Å². The Morgan fingerprint density at radius 2 is 2.11 bits per heavy atom. The third-order valence-corrected chi connectivity index (χ3v) is 3.87. The molecule has 3 nitrogen and oxygen atoms in total. The molecule has 100 valence electrons. The Bertz CT molecular complexity index is 537. The topological polar surface area (TPSA) is 49.3 Å². The fourth-order valence-electron chi connectivity index (χ4n) is 1.97. The van der Waals surface area contributed by atoms with E-state index < -0.39 is 5.97 Å². The van der Waals surface area contributed by atoms with Gasteiger partial charge in [0.05, 0.1) is 5.56 Å². The molecule has 0 fully saturated rings. The lowest BCUT2D eigenvalue weighted by molar-refractivity contribution is 0.0695. The number of benzene rings is 1. The Morgan fingerprint density at radius 3 is 2.79 bits per heavy atom. The van der Waals surface area contributed by atoms with E-state index >= 15 is 0 Å². The summed E-state index contributed by atoms with van der Waals surface area (Å²) in [7, 11) is 0. The van der Waals surface area contributed by atoms with Crippen molar-refractivity contribution in [1.82, 2.24) is 5.32 Å². The van der Waals surface area contributed by atoms with Crippen molar-refractivity contribution >= 4 is 17.3 Å². The minimum absolute atomic E-state index is 0.320. The fourth-order valence-corrected chi connectivity index (χ4v) is 2.81. The summed E-state index contributed by atoms with van der Waals surface area (Å²) >= 11 is 1.75. The van der Waals surface area contributed by atoms with Crippen molar-refractivity contribution in [2.24, 2.45) is 0 Å². The minimum Gasteiger partial charge on any atom is -0.478 e. The van der Waals surface area contributed by atoms with Crippen molar-refractivity contribution in [1.29, 1.82) is 0 Å². The highest BCUT2D eigenvalue weighted by atomic mass is 32.1. The minimum atomic E-state index is -0.872. The van der Waals surface area contributed by atoms with E-state index in [9.17, 15) is 4.79 Å². The Morgan fingerprint density at radius 1 is 1.32 bits per heavy atom. The molecule has 0 radical (unpaired) electrons. The quantitative estimate of drug-likeness (QED) is 0.851. The Kier molecular flexibility index (Phi) is 4.71. The number of rotatable bonds is 6. The van der Waals surface area contributed by atoms with Crippen LogP contribution in [0, 0.1) is 0 Å². The van der Waals surface area contributed by atoms with Crippen molar-refractivity contribution in [3.8, 4) is 0 Å². The second-order valence-electron chi connectivity index (χ2n) is 4.53. The molecule has 1 aromatic carbocycles. The standard InChI is InChI=1S/C15H17NO2S/c1-11(9-13-6-4-8-19-13)16-10-12-5-2-3-7-14(12)15(17)18/h2-8,11,16H,9-10H2,1H3,(H,17,18). The van der Waals surface area contributed by atoms with Crippen molar-refractivity contribution in [3.63, 3.8) is 0 Å². The molecule has 0 aliphatic rings. The molecule has 19 heavy (non-hydrogen) atoms. The van der Waals surface area contributed by atoms with Crippen LogP contribution in [-0.4, -0.2) is 17.1 Å². The van der Waals surface area contributed by atoms with E-state index in [0.717, 1.165) is 12.0 Å². The highest BCUT2D eigenvalue weighted by Gasteiger charge is 2.10. The molecule has 0 saturated heterocycles. The normalized spacial score (nSPS) is 12.3. The van der Waals surface area contributed by atoms with Crippen LogP contribution in [0.25, 0.3) is 0 Å². The average molecular weight is 275 g/mol. The molecule has 2 aromatic rings. The predicted octanol–water partition coefficient (Wildman–Crippen LogP) is 3.17. The van der Waals surface area contributed by atoms with Crippen LogP contribution in [-0.2, 0) is 13.0 Å². The second kappa shape index (κ2) is 6.50. The largest absolute Gasteiger partial charge is 0.478 e. The number of hydrogen-bond acceptors (Lipinski definition) is 3. The summed E-state index contributed by atoms with van der Waals surface area (Å²) < 4.78 is 0. The van der Waals surface area contributed by atoms with Gasteiger partial charge in [0.1, 0.15) is 0 Å². The zero-order chi connectivity index (χ0) is 13.7. The molecule has 1 heterocycles. The first-order valence-corrected chi connectivity index (χ1v) is 7.11. The molecule has 0 bridgehead atoms. The Balaban J connectivity index is 1.93. The molecule has 2 rings (SSSR count). The molecule has 0 amide bonds. The van der Waals surface area contributed by atoms with Crippen molar-refractivity contribution in [2.75, 3.05) is 0 Å². The maximum absolute atomic E-state index is 11.1. The zero-order valence-corrected chi connectivity index (χ0v) is 11.6. The van der Waals surface area contributed by atoms with Crippen LogP contribution < -0.4 is 5.32 Å². The van der Waals surface area contributed by atoms with Crippen LogP contribution in [0.15, 0.2) is 41.8 Å². The highest BCUT2D eigenvalue weighted by Crippen LogP contribution is 2.12. The van der Waals surface area contributed by atoms with Crippen LogP contribution in [0.4, 0.5) is 0 Å². The van der Waals surface area contributed by atoms with Crippen LogP contribution in [0.2, 0.25) is 0 Å². The lowest BCUT2D eigenvalue weighted by Crippen LogP contribution is -2.28. The van der Waals surface area contributed by atoms with Crippen molar-refractivity contribution in [3.05, 3.63) is 57.8 Å². The Labute approximate surface area is 116 Å². The Hall–Kier alpha value is -1.65. The zero-order valence-electron chi connectivity index (χ0n) is 10.8. The number of nitrogens with one attached hydrogen (secondary N) is 1. The lowest BCUT2D eigenvalue weighted by Gasteiger charge is -2.14. The van der Waals surface area contributed by atoms with E-state index in [-0.39, 0.29) is 0 Å². The van der Waals surface area contributed by atoms with Crippen LogP contribution in [0.3, 0.4) is 0 Å². The molecular formula is C15H17NO2S. The molecule has 1 unspecified atom stereocenters. The maximum Gasteiger partial charge on any atom is 0.336 e. The molecule has 1 aromatic heterocycles. The molecule has 0 aliphatic heterocycles. The van der Waals surface area contributed by atoms with Gasteiger partial charge < -0.3 is 10.4 Å². The van der Waals surface area contributed by atoms with Crippen LogP contribution >= 0.6 is 11.3 Å². The van der Waals surface area contributed by atoms with Gasteiger partial charge in [-0.15, -0.1) is 11.3 Å². The second-order valence-corrected chi connectivity index (χ2v) is 5.56. The number of thiophene rings is 1. The smallest absolute Gasteiger partial charge is 0.336 e. The SMILES string of the molecule is CC(Cc1cccs1)NCc1ccccc1C(=O)O. The summed E-state index contributed by atoms with van der Waals surface area (Å²) in [6.45, 7) is 2.69. The van der Waals surface area contributed by atoms with Crippen molar-refractivity contribution < 1.29 is 9.90 Å². The number of hydrogen-bond donors (Lipinski definition) is 2. The summed E-state index contributed by atoms with van der Waals surface area (Å²) in [5, 5.41) is 14.6. The molecule has 0 aliphatic carbocycles. The molecular weight excluding hydrogens is 258 g/mol. The van der Waals surface area contributed by atoms with Crippen LogP contribution in [0.1, 0.15) is 27.7 Å². The fraction of sp³-hybridized carbons (Fsp3) is 0.267. The highest BCUT2D eigenvalue weighted by molar-refractivity contribution is 7.09. The van der Waals surface area contributed by atoms with Gasteiger partial charge in [-0.3, -0.25) is 0 Å². The van der Waals surface area contributed by atoms with E-state index in [1.807, 2.05) is 18.2 Å². The van der Waals surface area contributed by atoms with Gasteiger partial charge in [-0.2, -0.15) is 0 Å². The van der Waals surface area contributed by atoms with Gasteiger partial charge in [0, 0.05) is 17.5 Å². The third kappa shape index (κ3) is 3.91. The lowest BCUT2D eigenvalue weighted by atomic mass is 10.1. The van der Waals surface area contributed by atoms with Gasteiger partial charge in [-0.05, 0) is 36.4 Å². The van der Waals surface area contributed by atoms with Gasteiger partial charge in [0.15, 0.2) is 0 Å². The van der Waals surface area contributed by atoms with E-state index in [1.165, 1.54) is 4.88 Å². The molecule has 0 saturated carbocycles. The first kappa shape index (κ1) is 13.8. The summed E-state index contributed by atoms with van der Waals surface area (Å²) in [4.78, 5) is 12.4. The maximum atomic E-state index is 11.1. The first-order valence-electron chi connectivity index (χ1n) is 6.24. The van der Waals surface area contributed by atoms with Gasteiger partial charge in [-0.25, -0.2) is 4.79 Å². The third-order valence-electron chi connectivity index (χ3n) is 2.98. The van der Waals surface area contributed by atoms with E-state index in [1.54, 1.807) is 23.5 Å². The monoisotopic (exact) mass is 275 g/mol. The summed E-state index contributed by atoms with van der Waals surface area (Å²) in [6.07, 6.45) is 0.965. The van der Waals surface area contributed by atoms with Gasteiger partial charge in [0.2, 0.25) is 0 Å². The summed E-state index contributed by atoms with van der Waals surface area (Å²) in [6, 6.07) is 11.6. The van der Waals surface area contributed by atoms with E-state index in [0.29, 0.717) is 18.2 Å².